The number of nitrogens with zero attached hydrogens (tertiary/aromatic N) is 4. The third kappa shape index (κ3) is 11.6. The van der Waals surface area contributed by atoms with E-state index in [1.54, 1.807) is 12.1 Å². The first-order chi connectivity index (χ1) is 34.9. The number of ether oxygens (including phenoxy) is 4. The van der Waals surface area contributed by atoms with Crippen LogP contribution in [0, 0.1) is 0 Å². The monoisotopic (exact) mass is 970 g/mol. The molecular weight excluding hydrogens is 921 g/mol. The Kier molecular flexibility index (Phi) is 14.6. The Hall–Kier alpha value is -8.92. The minimum atomic E-state index is -0.925. The first-order valence-corrected chi connectivity index (χ1v) is 23.6. The number of carboxylic acid groups (broad SMARTS) is 4. The SMILES string of the molecule is O=C(O)CCCOc1cc(OCCCC(=O)O)cc(-n2c3ccc2cc2nc(cc4ccc(cc5nc(c3)C=C5)n4-c3cc(OCCCC(=O)O)cc(OCCCC(=O)O)c3)-c3c-2ccc2ccccc32)c1. The van der Waals surface area contributed by atoms with Crippen molar-refractivity contribution in [1.82, 2.24) is 19.1 Å². The molecule has 5 heterocycles. The van der Waals surface area contributed by atoms with E-state index in [9.17, 15) is 39.6 Å². The van der Waals surface area contributed by atoms with Crippen molar-refractivity contribution in [2.45, 2.75) is 51.4 Å². The van der Waals surface area contributed by atoms with Crippen LogP contribution < -0.4 is 18.9 Å². The molecule has 0 aliphatic carbocycles. The Balaban J connectivity index is 1.26. The van der Waals surface area contributed by atoms with Crippen LogP contribution in [0.4, 0.5) is 0 Å². The minimum absolute atomic E-state index is 0.0603. The molecule has 366 valence electrons. The smallest absolute Gasteiger partial charge is 0.303 e. The number of aromatic nitrogens is 4. The van der Waals surface area contributed by atoms with Crippen molar-refractivity contribution in [3.8, 4) is 56.9 Å². The minimum Gasteiger partial charge on any atom is -0.493 e. The fourth-order valence-corrected chi connectivity index (χ4v) is 8.70. The summed E-state index contributed by atoms with van der Waals surface area (Å²) >= 11 is 0. The molecule has 0 unspecified atom stereocenters. The molecule has 2 aliphatic rings. The van der Waals surface area contributed by atoms with E-state index in [4.69, 9.17) is 28.9 Å². The van der Waals surface area contributed by atoms with Crippen molar-refractivity contribution >= 4 is 68.9 Å². The molecule has 4 aromatic carbocycles. The summed E-state index contributed by atoms with van der Waals surface area (Å²) in [6, 6.07) is 39.1. The average molecular weight is 971 g/mol. The predicted molar refractivity (Wildman–Crippen MR) is 271 cm³/mol. The molecule has 3 aromatic heterocycles. The number of aliphatic carboxylic acids is 4. The van der Waals surface area contributed by atoms with Crippen LogP contribution in [-0.2, 0) is 19.2 Å². The largest absolute Gasteiger partial charge is 0.493 e. The fourth-order valence-electron chi connectivity index (χ4n) is 8.70. The lowest BCUT2D eigenvalue weighted by atomic mass is 9.97. The summed E-state index contributed by atoms with van der Waals surface area (Å²) in [4.78, 5) is 55.6. The van der Waals surface area contributed by atoms with Gasteiger partial charge < -0.3 is 48.5 Å². The van der Waals surface area contributed by atoms with Gasteiger partial charge in [-0.05, 0) is 97.1 Å². The second-order valence-corrected chi connectivity index (χ2v) is 17.2. The average Bonchev–Trinajstić information content (AvgIpc) is 4.15. The summed E-state index contributed by atoms with van der Waals surface area (Å²) in [5, 5.41) is 39.1. The Bertz CT molecular complexity index is 3350. The Morgan fingerprint density at radius 1 is 0.431 bits per heavy atom. The quantitative estimate of drug-likeness (QED) is 0.0464. The van der Waals surface area contributed by atoms with E-state index >= 15 is 0 Å². The Labute approximate surface area is 412 Å². The van der Waals surface area contributed by atoms with Crippen LogP contribution in [0.5, 0.6) is 23.0 Å². The molecule has 0 radical (unpaired) electrons. The molecule has 7 aromatic rings. The fraction of sp³-hybridized carbons (Fsp3) is 0.214. The van der Waals surface area contributed by atoms with Crippen molar-refractivity contribution in [1.29, 1.82) is 0 Å². The third-order valence-corrected chi connectivity index (χ3v) is 11.9. The van der Waals surface area contributed by atoms with Gasteiger partial charge in [-0.25, -0.2) is 9.97 Å². The van der Waals surface area contributed by atoms with E-state index in [0.717, 1.165) is 44.0 Å². The zero-order chi connectivity index (χ0) is 50.1. The first-order valence-electron chi connectivity index (χ1n) is 23.6. The van der Waals surface area contributed by atoms with Crippen molar-refractivity contribution in [3.05, 3.63) is 133 Å². The van der Waals surface area contributed by atoms with Gasteiger partial charge in [0.25, 0.3) is 0 Å². The predicted octanol–water partition coefficient (Wildman–Crippen LogP) is 10.9. The molecule has 0 atom stereocenters. The maximum absolute atomic E-state index is 11.3. The van der Waals surface area contributed by atoms with E-state index < -0.39 is 23.9 Å². The molecular formula is C56H50N4O12. The molecule has 9 rings (SSSR count). The van der Waals surface area contributed by atoms with Gasteiger partial charge in [0.05, 0.1) is 60.6 Å². The van der Waals surface area contributed by atoms with Crippen LogP contribution in [0.2, 0.25) is 0 Å². The molecule has 0 spiro atoms. The lowest BCUT2D eigenvalue weighted by Crippen LogP contribution is -2.05. The van der Waals surface area contributed by atoms with Gasteiger partial charge in [-0.2, -0.15) is 0 Å². The molecule has 0 fully saturated rings. The van der Waals surface area contributed by atoms with Gasteiger partial charge in [0.2, 0.25) is 0 Å². The maximum atomic E-state index is 11.3. The van der Waals surface area contributed by atoms with E-state index in [1.165, 1.54) is 0 Å². The number of carboxylic acids is 4. The van der Waals surface area contributed by atoms with Crippen molar-refractivity contribution in [2.24, 2.45) is 0 Å². The summed E-state index contributed by atoms with van der Waals surface area (Å²) in [5.74, 6) is -1.94. The molecule has 0 amide bonds. The van der Waals surface area contributed by atoms with E-state index in [0.29, 0.717) is 57.1 Å². The second-order valence-electron chi connectivity index (χ2n) is 17.2. The Morgan fingerprint density at radius 3 is 1.26 bits per heavy atom. The van der Waals surface area contributed by atoms with E-state index in [-0.39, 0.29) is 77.8 Å². The van der Waals surface area contributed by atoms with Gasteiger partial charge in [-0.3, -0.25) is 19.2 Å². The highest BCUT2D eigenvalue weighted by molar-refractivity contribution is 6.05. The van der Waals surface area contributed by atoms with Crippen molar-refractivity contribution < 1.29 is 58.6 Å². The van der Waals surface area contributed by atoms with Crippen LogP contribution in [0.25, 0.3) is 78.9 Å². The van der Waals surface area contributed by atoms with Crippen LogP contribution in [0.1, 0.15) is 62.8 Å². The highest BCUT2D eigenvalue weighted by atomic mass is 16.5. The van der Waals surface area contributed by atoms with Gasteiger partial charge >= 0.3 is 23.9 Å². The summed E-state index contributed by atoms with van der Waals surface area (Å²) in [6.07, 6.45) is 4.74. The molecule has 72 heavy (non-hydrogen) atoms. The van der Waals surface area contributed by atoms with Gasteiger partial charge in [-0.1, -0.05) is 36.4 Å². The van der Waals surface area contributed by atoms with Gasteiger partial charge in [-0.15, -0.1) is 0 Å². The second kappa shape index (κ2) is 21.8. The third-order valence-electron chi connectivity index (χ3n) is 11.9. The normalized spacial score (nSPS) is 11.6. The van der Waals surface area contributed by atoms with Crippen LogP contribution >= 0.6 is 0 Å². The first kappa shape index (κ1) is 48.1. The zero-order valence-corrected chi connectivity index (χ0v) is 39.0. The summed E-state index contributed by atoms with van der Waals surface area (Å²) in [7, 11) is 0. The van der Waals surface area contributed by atoms with Gasteiger partial charge in [0.1, 0.15) is 23.0 Å². The number of hydrogen-bond donors (Lipinski definition) is 4. The Morgan fingerprint density at radius 2 is 0.833 bits per heavy atom. The topological polar surface area (TPSA) is 222 Å². The van der Waals surface area contributed by atoms with Gasteiger partial charge in [0, 0.05) is 95.3 Å². The highest BCUT2D eigenvalue weighted by Gasteiger charge is 2.21. The van der Waals surface area contributed by atoms with E-state index in [1.807, 2.05) is 106 Å². The van der Waals surface area contributed by atoms with E-state index in [2.05, 4.69) is 24.3 Å². The summed E-state index contributed by atoms with van der Waals surface area (Å²) < 4.78 is 28.6. The number of carbonyl (C=O) groups is 4. The van der Waals surface area contributed by atoms with Crippen LogP contribution in [-0.4, -0.2) is 89.8 Å². The van der Waals surface area contributed by atoms with Gasteiger partial charge in [0.15, 0.2) is 0 Å². The zero-order valence-electron chi connectivity index (χ0n) is 39.0. The standard InChI is InChI=1S/C56H50N4O12/c61-52(62)9-3-21-69-44-27-42(28-45(33-44)70-22-4-10-53(63)64)59-38-16-18-40(59)31-50-49-20-13-35-7-1-2-8-48(35)56(49)51(58-50)32-41-19-17-39(26-37-15-14-36(25-38)57-37)60(41)43-29-46(71-23-5-11-54(65)66)34-47(30-43)72-24-6-12-55(67)68/h1-2,7-8,13-20,25-34H,3-6,9-12,21-24H2,(H,61,62)(H,63,64)(H,65,66)(H,67,68). The summed E-state index contributed by atoms with van der Waals surface area (Å²) in [5.41, 5.74) is 8.90. The number of rotatable bonds is 22. The van der Waals surface area contributed by atoms with Crippen LogP contribution in [0.3, 0.4) is 0 Å². The lowest BCUT2D eigenvalue weighted by molar-refractivity contribution is -0.138. The molecule has 16 heteroatoms. The molecule has 4 N–H and O–H groups in total. The molecule has 16 nitrogen and oxygen atoms in total. The number of hydrogen-bond acceptors (Lipinski definition) is 10. The number of fused-ring (bicyclic) bond motifs is 13. The number of benzene rings is 4. The molecule has 2 aliphatic heterocycles. The molecule has 0 saturated carbocycles. The lowest BCUT2D eigenvalue weighted by Gasteiger charge is -2.14. The van der Waals surface area contributed by atoms with Crippen LogP contribution in [0.15, 0.2) is 121 Å². The maximum Gasteiger partial charge on any atom is 0.303 e. The molecule has 8 bridgehead atoms. The molecule has 0 saturated heterocycles. The van der Waals surface area contributed by atoms with Crippen molar-refractivity contribution in [3.63, 3.8) is 0 Å². The van der Waals surface area contributed by atoms with Crippen molar-refractivity contribution in [2.75, 3.05) is 26.4 Å². The highest BCUT2D eigenvalue weighted by Crippen LogP contribution is 2.42. The summed E-state index contributed by atoms with van der Waals surface area (Å²) in [6.45, 7) is 0.581.